The van der Waals surface area contributed by atoms with Crippen LogP contribution in [0.5, 0.6) is 0 Å². The van der Waals surface area contributed by atoms with Crippen LogP contribution in [0.1, 0.15) is 37.5 Å². The van der Waals surface area contributed by atoms with Gasteiger partial charge in [-0.1, -0.05) is 26.2 Å². The Morgan fingerprint density at radius 3 is 2.56 bits per heavy atom. The number of thiophene rings is 3. The zero-order chi connectivity index (χ0) is 12.5. The summed E-state index contributed by atoms with van der Waals surface area (Å²) in [5.74, 6) is 0. The molecule has 0 N–H and O–H groups in total. The van der Waals surface area contributed by atoms with Crippen LogP contribution in [0.15, 0.2) is 15.9 Å². The number of aryl methyl sites for hydroxylation is 1. The van der Waals surface area contributed by atoms with E-state index in [4.69, 9.17) is 0 Å². The van der Waals surface area contributed by atoms with Gasteiger partial charge < -0.3 is 0 Å². The van der Waals surface area contributed by atoms with Crippen molar-refractivity contribution in [1.29, 1.82) is 0 Å². The van der Waals surface area contributed by atoms with Crippen molar-refractivity contribution in [2.24, 2.45) is 0 Å². The summed E-state index contributed by atoms with van der Waals surface area (Å²) >= 11 is 9.40. The maximum absolute atomic E-state index is 3.59. The highest BCUT2D eigenvalue weighted by Gasteiger charge is 2.12. The standard InChI is InChI=1S/C14H15BrS3/c1-2-3-4-5-6-9-7-10-13(16-9)14-11(17-10)8-12(15)18-14/h7-8H,2-6H2,1H3. The van der Waals surface area contributed by atoms with Crippen LogP contribution in [-0.2, 0) is 6.42 Å². The van der Waals surface area contributed by atoms with Crippen LogP contribution in [0.25, 0.3) is 18.8 Å². The van der Waals surface area contributed by atoms with Gasteiger partial charge in [0.2, 0.25) is 0 Å². The van der Waals surface area contributed by atoms with E-state index in [1.54, 1.807) is 4.88 Å². The van der Waals surface area contributed by atoms with Gasteiger partial charge >= 0.3 is 0 Å². The van der Waals surface area contributed by atoms with Gasteiger partial charge in [0.25, 0.3) is 0 Å². The van der Waals surface area contributed by atoms with E-state index in [2.05, 4.69) is 35.0 Å². The summed E-state index contributed by atoms with van der Waals surface area (Å²) in [7, 11) is 0. The normalized spacial score (nSPS) is 11.9. The summed E-state index contributed by atoms with van der Waals surface area (Å²) in [4.78, 5) is 1.57. The van der Waals surface area contributed by atoms with E-state index >= 15 is 0 Å². The molecule has 3 aromatic rings. The molecule has 4 heteroatoms. The fraction of sp³-hybridized carbons (Fsp3) is 0.429. The third-order valence-corrected chi connectivity index (χ3v) is 7.46. The summed E-state index contributed by atoms with van der Waals surface area (Å²) < 4.78 is 7.16. The number of hydrogen-bond acceptors (Lipinski definition) is 3. The second-order valence-corrected chi connectivity index (χ2v) is 9.21. The number of unbranched alkanes of at least 4 members (excludes halogenated alkanes) is 3. The first-order chi connectivity index (χ1) is 8.78. The average Bonchev–Trinajstić information content (AvgIpc) is 2.95. The van der Waals surface area contributed by atoms with Crippen molar-refractivity contribution in [3.63, 3.8) is 0 Å². The Morgan fingerprint density at radius 1 is 0.944 bits per heavy atom. The minimum Gasteiger partial charge on any atom is -0.138 e. The van der Waals surface area contributed by atoms with E-state index in [0.717, 1.165) is 0 Å². The zero-order valence-corrected chi connectivity index (χ0v) is 14.3. The highest BCUT2D eigenvalue weighted by Crippen LogP contribution is 2.45. The fourth-order valence-electron chi connectivity index (χ4n) is 2.20. The smallest absolute Gasteiger partial charge is 0.0719 e. The van der Waals surface area contributed by atoms with Crippen molar-refractivity contribution in [3.8, 4) is 0 Å². The Hall–Kier alpha value is 0.1000. The van der Waals surface area contributed by atoms with E-state index in [1.807, 2.05) is 34.0 Å². The molecule has 0 saturated carbocycles. The Morgan fingerprint density at radius 2 is 1.72 bits per heavy atom. The predicted octanol–water partition coefficient (Wildman–Crippen LogP) is 7.06. The van der Waals surface area contributed by atoms with Crippen LogP contribution in [-0.4, -0.2) is 0 Å². The van der Waals surface area contributed by atoms with E-state index in [0.29, 0.717) is 0 Å². The molecule has 18 heavy (non-hydrogen) atoms. The summed E-state index contributed by atoms with van der Waals surface area (Å²) in [6.07, 6.45) is 6.69. The van der Waals surface area contributed by atoms with E-state index in [9.17, 15) is 0 Å². The SMILES string of the molecule is CCCCCCc1cc2sc3cc(Br)sc3c2s1. The first-order valence-electron chi connectivity index (χ1n) is 6.38. The van der Waals surface area contributed by atoms with Gasteiger partial charge in [-0.05, 0) is 40.9 Å². The topological polar surface area (TPSA) is 0 Å². The fourth-order valence-corrected chi connectivity index (χ4v) is 6.88. The Balaban J connectivity index is 1.82. The highest BCUT2D eigenvalue weighted by molar-refractivity contribution is 9.11. The van der Waals surface area contributed by atoms with Crippen molar-refractivity contribution >= 4 is 68.7 Å². The molecule has 0 aliphatic rings. The molecular weight excluding hydrogens is 344 g/mol. The molecule has 96 valence electrons. The summed E-state index contributed by atoms with van der Waals surface area (Å²) in [6, 6.07) is 4.66. The van der Waals surface area contributed by atoms with Gasteiger partial charge in [0, 0.05) is 14.3 Å². The maximum atomic E-state index is 3.59. The number of hydrogen-bond donors (Lipinski definition) is 0. The molecule has 3 rings (SSSR count). The van der Waals surface area contributed by atoms with Gasteiger partial charge in [-0.2, -0.15) is 0 Å². The molecule has 0 amide bonds. The minimum atomic E-state index is 1.25. The third-order valence-electron chi connectivity index (χ3n) is 3.12. The molecule has 0 radical (unpaired) electrons. The van der Waals surface area contributed by atoms with Crippen LogP contribution < -0.4 is 0 Å². The molecule has 0 saturated heterocycles. The molecule has 0 fully saturated rings. The van der Waals surface area contributed by atoms with Gasteiger partial charge in [-0.25, -0.2) is 0 Å². The van der Waals surface area contributed by atoms with Crippen molar-refractivity contribution in [2.45, 2.75) is 39.0 Å². The van der Waals surface area contributed by atoms with Crippen molar-refractivity contribution in [1.82, 2.24) is 0 Å². The number of fused-ring (bicyclic) bond motifs is 3. The van der Waals surface area contributed by atoms with Gasteiger partial charge in [-0.15, -0.1) is 34.0 Å². The maximum Gasteiger partial charge on any atom is 0.0719 e. The first-order valence-corrected chi connectivity index (χ1v) is 9.62. The molecule has 3 heterocycles. The van der Waals surface area contributed by atoms with Crippen molar-refractivity contribution in [3.05, 3.63) is 20.8 Å². The summed E-state index contributed by atoms with van der Waals surface area (Å²) in [6.45, 7) is 2.27. The van der Waals surface area contributed by atoms with Gasteiger partial charge in [0.05, 0.1) is 13.2 Å². The molecule has 0 bridgehead atoms. The average molecular weight is 359 g/mol. The first kappa shape index (κ1) is 13.1. The van der Waals surface area contributed by atoms with Gasteiger partial charge in [-0.3, -0.25) is 0 Å². The molecule has 0 aromatic carbocycles. The van der Waals surface area contributed by atoms with Crippen molar-refractivity contribution < 1.29 is 0 Å². The van der Waals surface area contributed by atoms with Crippen LogP contribution in [0.2, 0.25) is 0 Å². The lowest BCUT2D eigenvalue weighted by atomic mass is 10.1. The molecule has 0 spiro atoms. The third kappa shape index (κ3) is 2.53. The monoisotopic (exact) mass is 358 g/mol. The largest absolute Gasteiger partial charge is 0.138 e. The van der Waals surface area contributed by atoms with Crippen LogP contribution in [0.3, 0.4) is 0 Å². The van der Waals surface area contributed by atoms with Crippen molar-refractivity contribution in [2.75, 3.05) is 0 Å². The Bertz CT molecular complexity index is 659. The van der Waals surface area contributed by atoms with Gasteiger partial charge in [0.1, 0.15) is 0 Å². The van der Waals surface area contributed by atoms with Gasteiger partial charge in [0.15, 0.2) is 0 Å². The second-order valence-electron chi connectivity index (χ2n) is 4.56. The van der Waals surface area contributed by atoms with E-state index in [-0.39, 0.29) is 0 Å². The lowest BCUT2D eigenvalue weighted by molar-refractivity contribution is 0.670. The minimum absolute atomic E-state index is 1.25. The van der Waals surface area contributed by atoms with Crippen LogP contribution in [0.4, 0.5) is 0 Å². The summed E-state index contributed by atoms with van der Waals surface area (Å²) in [5.41, 5.74) is 0. The van der Waals surface area contributed by atoms with E-state index < -0.39 is 0 Å². The van der Waals surface area contributed by atoms with Crippen LogP contribution >= 0.6 is 49.9 Å². The number of rotatable bonds is 5. The second kappa shape index (κ2) is 5.61. The van der Waals surface area contributed by atoms with Crippen LogP contribution in [0, 0.1) is 0 Å². The molecular formula is C14H15BrS3. The molecule has 0 unspecified atom stereocenters. The number of halogens is 1. The Labute approximate surface area is 128 Å². The highest BCUT2D eigenvalue weighted by atomic mass is 79.9. The molecule has 0 nitrogen and oxygen atoms in total. The molecule has 3 aromatic heterocycles. The molecule has 0 aliphatic heterocycles. The summed E-state index contributed by atoms with van der Waals surface area (Å²) in [5, 5.41) is 0. The zero-order valence-electron chi connectivity index (χ0n) is 10.3. The molecule has 0 aliphatic carbocycles. The predicted molar refractivity (Wildman–Crippen MR) is 90.6 cm³/mol. The quantitative estimate of drug-likeness (QED) is 0.428. The van der Waals surface area contributed by atoms with E-state index in [1.165, 1.54) is 54.7 Å². The lowest BCUT2D eigenvalue weighted by Gasteiger charge is -1.96. The molecule has 0 atom stereocenters. The Kier molecular flexibility index (Phi) is 4.09. The lowest BCUT2D eigenvalue weighted by Crippen LogP contribution is -1.80.